The number of nitrogens with zero attached hydrogens (tertiary/aromatic N) is 1. The Morgan fingerprint density at radius 1 is 1.29 bits per heavy atom. The van der Waals surface area contributed by atoms with E-state index in [1.54, 1.807) is 24.5 Å². The van der Waals surface area contributed by atoms with Gasteiger partial charge in [0.1, 0.15) is 0 Å². The van der Waals surface area contributed by atoms with Gasteiger partial charge in [-0.3, -0.25) is 9.19 Å². The van der Waals surface area contributed by atoms with E-state index in [9.17, 15) is 8.76 Å². The van der Waals surface area contributed by atoms with E-state index in [0.717, 1.165) is 10.8 Å². The highest BCUT2D eigenvalue weighted by molar-refractivity contribution is 7.80. The lowest BCUT2D eigenvalue weighted by Gasteiger charge is -2.08. The minimum atomic E-state index is -2.28. The molecule has 0 saturated heterocycles. The van der Waals surface area contributed by atoms with Crippen LogP contribution in [0.15, 0.2) is 36.7 Å². The van der Waals surface area contributed by atoms with Crippen LogP contribution in [0.3, 0.4) is 0 Å². The molecule has 0 radical (unpaired) electrons. The Bertz CT molecular complexity index is 487. The van der Waals surface area contributed by atoms with Crippen molar-refractivity contribution in [2.45, 2.75) is 0 Å². The Labute approximate surface area is 83.4 Å². The van der Waals surface area contributed by atoms with Crippen LogP contribution in [0, 0.1) is 0 Å². The molecule has 0 amide bonds. The highest BCUT2D eigenvalue weighted by Gasteiger charge is 1.94. The molecule has 1 N–H and O–H groups in total. The molecule has 1 atom stereocenters. The van der Waals surface area contributed by atoms with Crippen molar-refractivity contribution in [3.63, 3.8) is 0 Å². The van der Waals surface area contributed by atoms with Crippen molar-refractivity contribution in [1.29, 1.82) is 0 Å². The summed E-state index contributed by atoms with van der Waals surface area (Å²) in [7, 11) is 0. The second-order valence-corrected chi connectivity index (χ2v) is 3.45. The lowest BCUT2D eigenvalue weighted by Crippen LogP contribution is -2.01. The van der Waals surface area contributed by atoms with E-state index in [0.29, 0.717) is 5.69 Å². The summed E-state index contributed by atoms with van der Waals surface area (Å²) < 4.78 is 23.0. The van der Waals surface area contributed by atoms with Crippen molar-refractivity contribution in [1.82, 2.24) is 4.98 Å². The molecule has 0 aliphatic heterocycles. The number of hydrogen-bond acceptors (Lipinski definition) is 3. The molecule has 14 heavy (non-hydrogen) atoms. The number of rotatable bonds is 2. The van der Waals surface area contributed by atoms with Gasteiger partial charge in [-0.2, -0.15) is 0 Å². The molecule has 0 aliphatic rings. The zero-order valence-corrected chi connectivity index (χ0v) is 7.95. The molecule has 0 spiro atoms. The van der Waals surface area contributed by atoms with Crippen LogP contribution in [0.2, 0.25) is 0 Å². The first-order chi connectivity index (χ1) is 6.75. The maximum absolute atomic E-state index is 10.4. The normalized spacial score (nSPS) is 12.6. The van der Waals surface area contributed by atoms with Gasteiger partial charge in [-0.1, -0.05) is 6.07 Å². The highest BCUT2D eigenvalue weighted by atomic mass is 32.2. The summed E-state index contributed by atoms with van der Waals surface area (Å²) >= 11 is -2.28. The van der Waals surface area contributed by atoms with Crippen LogP contribution in [0.1, 0.15) is 0 Å². The van der Waals surface area contributed by atoms with E-state index in [1.807, 2.05) is 12.1 Å². The first-order valence-corrected chi connectivity index (χ1v) is 5.03. The zero-order valence-electron chi connectivity index (χ0n) is 7.14. The minimum Gasteiger partial charge on any atom is -0.755 e. The average Bonchev–Trinajstić information content (AvgIpc) is 2.17. The molecule has 72 valence electrons. The maximum Gasteiger partial charge on any atom is 0.0459 e. The summed E-state index contributed by atoms with van der Waals surface area (Å²) in [6.07, 6.45) is 3.38. The highest BCUT2D eigenvalue weighted by Crippen LogP contribution is 2.17. The predicted octanol–water partition coefficient (Wildman–Crippen LogP) is 1.44. The fraction of sp³-hybridized carbons (Fsp3) is 0. The lowest BCUT2D eigenvalue weighted by atomic mass is 10.2. The molecular weight excluding hydrogens is 200 g/mol. The van der Waals surface area contributed by atoms with Crippen LogP contribution >= 0.6 is 0 Å². The number of nitrogens with one attached hydrogen (secondary N) is 1. The van der Waals surface area contributed by atoms with Gasteiger partial charge in [0.05, 0.1) is 0 Å². The van der Waals surface area contributed by atoms with E-state index in [-0.39, 0.29) is 0 Å². The van der Waals surface area contributed by atoms with E-state index >= 15 is 0 Å². The van der Waals surface area contributed by atoms with E-state index < -0.39 is 11.3 Å². The summed E-state index contributed by atoms with van der Waals surface area (Å²) in [5.74, 6) is 0. The summed E-state index contributed by atoms with van der Waals surface area (Å²) in [6, 6.07) is 7.15. The Balaban J connectivity index is 2.46. The predicted molar refractivity (Wildman–Crippen MR) is 54.3 cm³/mol. The van der Waals surface area contributed by atoms with Gasteiger partial charge < -0.3 is 9.27 Å². The van der Waals surface area contributed by atoms with Gasteiger partial charge in [0.2, 0.25) is 0 Å². The number of aromatic nitrogens is 1. The van der Waals surface area contributed by atoms with Gasteiger partial charge in [0, 0.05) is 34.7 Å². The number of pyridine rings is 1. The Hall–Kier alpha value is -1.46. The first kappa shape index (κ1) is 9.11. The molecule has 2 aromatic rings. The van der Waals surface area contributed by atoms with Gasteiger partial charge in [0.25, 0.3) is 0 Å². The molecule has 2 rings (SSSR count). The minimum absolute atomic E-state index is 0.541. The maximum atomic E-state index is 10.4. The van der Waals surface area contributed by atoms with Gasteiger partial charge >= 0.3 is 0 Å². The Morgan fingerprint density at radius 3 is 2.93 bits per heavy atom. The van der Waals surface area contributed by atoms with Crippen LogP contribution in [-0.2, 0) is 11.3 Å². The van der Waals surface area contributed by atoms with Crippen LogP contribution in [-0.4, -0.2) is 13.7 Å². The second-order valence-electron chi connectivity index (χ2n) is 2.77. The van der Waals surface area contributed by atoms with E-state index in [1.165, 1.54) is 0 Å². The largest absolute Gasteiger partial charge is 0.755 e. The van der Waals surface area contributed by atoms with Crippen LogP contribution in [0.25, 0.3) is 10.8 Å². The molecule has 5 heteroatoms. The molecule has 1 heterocycles. The second kappa shape index (κ2) is 3.73. The molecule has 1 unspecified atom stereocenters. The molecule has 0 fully saturated rings. The van der Waals surface area contributed by atoms with Crippen molar-refractivity contribution in [3.05, 3.63) is 36.7 Å². The smallest absolute Gasteiger partial charge is 0.0459 e. The number of anilines is 1. The quantitative estimate of drug-likeness (QED) is 0.758. The fourth-order valence-corrected chi connectivity index (χ4v) is 1.56. The molecule has 4 nitrogen and oxygen atoms in total. The van der Waals surface area contributed by atoms with Gasteiger partial charge in [0.15, 0.2) is 0 Å². The summed E-state index contributed by atoms with van der Waals surface area (Å²) in [4.78, 5) is 3.95. The van der Waals surface area contributed by atoms with Gasteiger partial charge in [-0.05, 0) is 23.6 Å². The van der Waals surface area contributed by atoms with Crippen molar-refractivity contribution >= 4 is 27.7 Å². The standard InChI is InChI=1S/C9H8N2O2S/c12-14(13)11-9-2-1-7-3-4-10-6-8(7)5-9/h1-6,11H,(H,12,13)/p-1. The molecule has 1 aromatic carbocycles. The van der Waals surface area contributed by atoms with E-state index in [4.69, 9.17) is 0 Å². The van der Waals surface area contributed by atoms with Crippen LogP contribution < -0.4 is 4.72 Å². The molecule has 0 bridgehead atoms. The Morgan fingerprint density at radius 2 is 2.14 bits per heavy atom. The van der Waals surface area contributed by atoms with Crippen molar-refractivity contribution in [3.8, 4) is 0 Å². The molecular formula is C9H7N2O2S-. The third-order valence-corrected chi connectivity index (χ3v) is 2.24. The summed E-state index contributed by atoms with van der Waals surface area (Å²) in [6.45, 7) is 0. The average molecular weight is 207 g/mol. The Kier molecular flexibility index (Phi) is 2.43. The van der Waals surface area contributed by atoms with Crippen molar-refractivity contribution < 1.29 is 8.76 Å². The summed E-state index contributed by atoms with van der Waals surface area (Å²) in [5, 5.41) is 1.94. The molecule has 0 aliphatic carbocycles. The van der Waals surface area contributed by atoms with Crippen molar-refractivity contribution in [2.75, 3.05) is 4.72 Å². The number of hydrogen-bond donors (Lipinski definition) is 1. The zero-order chi connectivity index (χ0) is 9.97. The van der Waals surface area contributed by atoms with Gasteiger partial charge in [-0.25, -0.2) is 0 Å². The topological polar surface area (TPSA) is 65.0 Å². The number of benzene rings is 1. The monoisotopic (exact) mass is 207 g/mol. The third-order valence-electron chi connectivity index (χ3n) is 1.84. The van der Waals surface area contributed by atoms with Crippen LogP contribution in [0.4, 0.5) is 5.69 Å². The molecule has 0 saturated carbocycles. The summed E-state index contributed by atoms with van der Waals surface area (Å²) in [5.41, 5.74) is 0.541. The van der Waals surface area contributed by atoms with Gasteiger partial charge in [-0.15, -0.1) is 0 Å². The van der Waals surface area contributed by atoms with E-state index in [2.05, 4.69) is 9.71 Å². The SMILES string of the molecule is O=S([O-])Nc1ccc2ccncc2c1. The molecule has 1 aromatic heterocycles. The van der Waals surface area contributed by atoms with Crippen molar-refractivity contribution in [2.24, 2.45) is 0 Å². The lowest BCUT2D eigenvalue weighted by molar-refractivity contribution is 0.542. The third kappa shape index (κ3) is 1.89. The fourth-order valence-electron chi connectivity index (χ4n) is 1.24. The number of fused-ring (bicyclic) bond motifs is 1. The van der Waals surface area contributed by atoms with Crippen LogP contribution in [0.5, 0.6) is 0 Å². The first-order valence-electron chi connectivity index (χ1n) is 3.95.